The van der Waals surface area contributed by atoms with Crippen molar-refractivity contribution < 1.29 is 0 Å². The number of hydrogen-bond acceptors (Lipinski definition) is 2. The third kappa shape index (κ3) is 1.64. The lowest BCUT2D eigenvalue weighted by atomic mass is 10.4. The minimum absolute atomic E-state index is 0.903. The molecule has 0 saturated carbocycles. The van der Waals surface area contributed by atoms with E-state index in [9.17, 15) is 0 Å². The molecular formula is C7H8N2. The smallest absolute Gasteiger partial charge is 0.0809 e. The van der Waals surface area contributed by atoms with Gasteiger partial charge in [0.15, 0.2) is 0 Å². The zero-order valence-electron chi connectivity index (χ0n) is 5.28. The summed E-state index contributed by atoms with van der Waals surface area (Å²) in [5, 5.41) is 0. The van der Waals surface area contributed by atoms with Crippen LogP contribution in [0.5, 0.6) is 0 Å². The second-order valence-corrected chi connectivity index (χ2v) is 1.63. The molecule has 0 unspecified atom stereocenters. The van der Waals surface area contributed by atoms with Crippen LogP contribution in [0.4, 0.5) is 0 Å². The minimum atomic E-state index is 0.903. The monoisotopic (exact) mass is 120 g/mol. The largest absolute Gasteiger partial charge is 0.261 e. The van der Waals surface area contributed by atoms with Crippen molar-refractivity contribution in [2.75, 3.05) is 0 Å². The van der Waals surface area contributed by atoms with Crippen LogP contribution in [0.1, 0.15) is 12.6 Å². The highest BCUT2D eigenvalue weighted by atomic mass is 14.7. The summed E-state index contributed by atoms with van der Waals surface area (Å²) in [7, 11) is 0. The van der Waals surface area contributed by atoms with Gasteiger partial charge < -0.3 is 0 Å². The molecule has 2 heteroatoms. The van der Waals surface area contributed by atoms with E-state index in [1.54, 1.807) is 18.6 Å². The second-order valence-electron chi connectivity index (χ2n) is 1.63. The van der Waals surface area contributed by atoms with Gasteiger partial charge in [-0.15, -0.1) is 0 Å². The van der Waals surface area contributed by atoms with Gasteiger partial charge in [0, 0.05) is 12.4 Å². The predicted molar refractivity (Wildman–Crippen MR) is 36.7 cm³/mol. The first-order valence-electron chi connectivity index (χ1n) is 2.82. The molecule has 0 aliphatic carbocycles. The zero-order valence-corrected chi connectivity index (χ0v) is 5.28. The van der Waals surface area contributed by atoms with Crippen molar-refractivity contribution in [3.63, 3.8) is 0 Å². The molecular weight excluding hydrogens is 112 g/mol. The van der Waals surface area contributed by atoms with Gasteiger partial charge in [0.25, 0.3) is 0 Å². The van der Waals surface area contributed by atoms with Crippen LogP contribution in [-0.4, -0.2) is 9.97 Å². The molecule has 0 fully saturated rings. The molecule has 0 aliphatic heterocycles. The number of rotatable bonds is 1. The van der Waals surface area contributed by atoms with E-state index in [0.717, 1.165) is 5.69 Å². The van der Waals surface area contributed by atoms with E-state index in [2.05, 4.69) is 9.97 Å². The van der Waals surface area contributed by atoms with E-state index in [0.29, 0.717) is 0 Å². The molecule has 0 aliphatic rings. The maximum Gasteiger partial charge on any atom is 0.0809 e. The van der Waals surface area contributed by atoms with Crippen LogP contribution < -0.4 is 0 Å². The number of hydrogen-bond donors (Lipinski definition) is 0. The minimum Gasteiger partial charge on any atom is -0.261 e. The van der Waals surface area contributed by atoms with Gasteiger partial charge in [0.05, 0.1) is 11.9 Å². The third-order valence-corrected chi connectivity index (χ3v) is 0.921. The Bertz CT molecular complexity index is 191. The second kappa shape index (κ2) is 2.97. The van der Waals surface area contributed by atoms with Crippen molar-refractivity contribution in [3.8, 4) is 0 Å². The lowest BCUT2D eigenvalue weighted by Crippen LogP contribution is -1.78. The van der Waals surface area contributed by atoms with Crippen molar-refractivity contribution in [3.05, 3.63) is 30.4 Å². The number of nitrogens with zero attached hydrogens (tertiary/aromatic N) is 2. The Labute approximate surface area is 54.3 Å². The fraction of sp³-hybridized carbons (Fsp3) is 0.143. The van der Waals surface area contributed by atoms with E-state index in [-0.39, 0.29) is 0 Å². The average molecular weight is 120 g/mol. The molecule has 9 heavy (non-hydrogen) atoms. The molecule has 0 amide bonds. The molecule has 0 spiro atoms. The molecule has 0 atom stereocenters. The van der Waals surface area contributed by atoms with E-state index in [1.165, 1.54) is 0 Å². The van der Waals surface area contributed by atoms with E-state index < -0.39 is 0 Å². The Hall–Kier alpha value is -1.18. The molecule has 1 rings (SSSR count). The van der Waals surface area contributed by atoms with Gasteiger partial charge in [-0.3, -0.25) is 9.97 Å². The third-order valence-electron chi connectivity index (χ3n) is 0.921. The predicted octanol–water partition coefficient (Wildman–Crippen LogP) is 1.51. The van der Waals surface area contributed by atoms with Gasteiger partial charge in [-0.1, -0.05) is 6.08 Å². The fourth-order valence-corrected chi connectivity index (χ4v) is 0.567. The Kier molecular flexibility index (Phi) is 1.96. The molecule has 1 heterocycles. The highest BCUT2D eigenvalue weighted by Crippen LogP contribution is 1.91. The molecule has 0 N–H and O–H groups in total. The summed E-state index contributed by atoms with van der Waals surface area (Å²) in [6.07, 6.45) is 8.90. The maximum absolute atomic E-state index is 4.02. The lowest BCUT2D eigenvalue weighted by Gasteiger charge is -1.85. The normalized spacial score (nSPS) is 10.3. The maximum atomic E-state index is 4.02. The first-order valence-corrected chi connectivity index (χ1v) is 2.82. The van der Waals surface area contributed by atoms with Gasteiger partial charge >= 0.3 is 0 Å². The quantitative estimate of drug-likeness (QED) is 0.561. The fourth-order valence-electron chi connectivity index (χ4n) is 0.567. The Balaban J connectivity index is 2.85. The van der Waals surface area contributed by atoms with E-state index in [4.69, 9.17) is 0 Å². The molecule has 46 valence electrons. The van der Waals surface area contributed by atoms with Crippen LogP contribution in [0.25, 0.3) is 6.08 Å². The van der Waals surface area contributed by atoms with Crippen molar-refractivity contribution >= 4 is 6.08 Å². The summed E-state index contributed by atoms with van der Waals surface area (Å²) in [6.45, 7) is 1.95. The Morgan fingerprint density at radius 1 is 1.44 bits per heavy atom. The van der Waals surface area contributed by atoms with Crippen LogP contribution in [0, 0.1) is 0 Å². The molecule has 1 aromatic rings. The van der Waals surface area contributed by atoms with Crippen LogP contribution in [-0.2, 0) is 0 Å². The first-order chi connectivity index (χ1) is 4.43. The summed E-state index contributed by atoms with van der Waals surface area (Å²) in [4.78, 5) is 7.91. The Morgan fingerprint density at radius 3 is 2.89 bits per heavy atom. The number of aromatic nitrogens is 2. The van der Waals surface area contributed by atoms with Gasteiger partial charge in [0.1, 0.15) is 0 Å². The number of allylic oxidation sites excluding steroid dienone is 1. The SMILES string of the molecule is C/C=C/c1cnccn1. The van der Waals surface area contributed by atoms with E-state index in [1.807, 2.05) is 19.1 Å². The highest BCUT2D eigenvalue weighted by Gasteiger charge is 1.80. The summed E-state index contributed by atoms with van der Waals surface area (Å²) in [5.41, 5.74) is 0.903. The van der Waals surface area contributed by atoms with Crippen molar-refractivity contribution in [2.45, 2.75) is 6.92 Å². The average Bonchev–Trinajstić information content (AvgIpc) is 1.91. The first kappa shape index (κ1) is 5.95. The summed E-state index contributed by atoms with van der Waals surface area (Å²) < 4.78 is 0. The van der Waals surface area contributed by atoms with Gasteiger partial charge in [-0.25, -0.2) is 0 Å². The topological polar surface area (TPSA) is 25.8 Å². The van der Waals surface area contributed by atoms with Crippen LogP contribution in [0.3, 0.4) is 0 Å². The van der Waals surface area contributed by atoms with Crippen molar-refractivity contribution in [1.82, 2.24) is 9.97 Å². The van der Waals surface area contributed by atoms with Gasteiger partial charge in [-0.2, -0.15) is 0 Å². The van der Waals surface area contributed by atoms with Crippen LogP contribution in [0.15, 0.2) is 24.7 Å². The summed E-state index contributed by atoms with van der Waals surface area (Å²) >= 11 is 0. The van der Waals surface area contributed by atoms with Crippen molar-refractivity contribution in [2.24, 2.45) is 0 Å². The highest BCUT2D eigenvalue weighted by molar-refractivity contribution is 5.41. The molecule has 0 saturated heterocycles. The Morgan fingerprint density at radius 2 is 2.33 bits per heavy atom. The standard InChI is InChI=1S/C7H8N2/c1-2-3-7-6-8-4-5-9-7/h2-6H,1H3/b3-2+. The molecule has 0 radical (unpaired) electrons. The molecule has 1 aromatic heterocycles. The molecule has 0 aromatic carbocycles. The van der Waals surface area contributed by atoms with Gasteiger partial charge in [-0.05, 0) is 13.0 Å². The van der Waals surface area contributed by atoms with Crippen LogP contribution >= 0.6 is 0 Å². The van der Waals surface area contributed by atoms with E-state index >= 15 is 0 Å². The van der Waals surface area contributed by atoms with Crippen molar-refractivity contribution in [1.29, 1.82) is 0 Å². The van der Waals surface area contributed by atoms with Gasteiger partial charge in [0.2, 0.25) is 0 Å². The van der Waals surface area contributed by atoms with Crippen LogP contribution in [0.2, 0.25) is 0 Å². The molecule has 2 nitrogen and oxygen atoms in total. The zero-order chi connectivity index (χ0) is 6.53. The summed E-state index contributed by atoms with van der Waals surface area (Å²) in [5.74, 6) is 0. The summed E-state index contributed by atoms with van der Waals surface area (Å²) in [6, 6.07) is 0. The molecule has 0 bridgehead atoms. The lowest BCUT2D eigenvalue weighted by molar-refractivity contribution is 1.18.